The van der Waals surface area contributed by atoms with E-state index in [2.05, 4.69) is 37.9 Å². The van der Waals surface area contributed by atoms with E-state index >= 15 is 0 Å². The van der Waals surface area contributed by atoms with Crippen molar-refractivity contribution in [1.82, 2.24) is 10.2 Å². The molecule has 0 aromatic heterocycles. The number of halogens is 1. The van der Waals surface area contributed by atoms with Crippen molar-refractivity contribution < 1.29 is 4.79 Å². The first-order valence-electron chi connectivity index (χ1n) is 13.4. The Labute approximate surface area is 197 Å². The predicted octanol–water partition coefficient (Wildman–Crippen LogP) is 6.29. The fourth-order valence-electron chi connectivity index (χ4n) is 6.75. The summed E-state index contributed by atoms with van der Waals surface area (Å²) in [6.07, 6.45) is 12.9. The van der Waals surface area contributed by atoms with Crippen LogP contribution in [0.2, 0.25) is 0 Å². The van der Waals surface area contributed by atoms with Crippen molar-refractivity contribution in [2.75, 3.05) is 26.2 Å². The number of alkyl halides is 1. The number of carbonyl (C=O) groups is 1. The van der Waals surface area contributed by atoms with Gasteiger partial charge in [-0.25, -0.2) is 0 Å². The number of Topliss-reactive ketones (excluding diaryl/α,β-unsaturated/α-hetero) is 1. The first-order valence-corrected chi connectivity index (χ1v) is 13.8. The molecule has 3 fully saturated rings. The van der Waals surface area contributed by atoms with Crippen LogP contribution >= 0.6 is 11.6 Å². The SMILES string of the molecule is CC(C)[C@H](CN1CC[C@H](C2CCC(Cl)CC2)C(C)(C)C1)NCCCC1CCC(=O)CC1. The highest BCUT2D eigenvalue weighted by Crippen LogP contribution is 2.45. The lowest BCUT2D eigenvalue weighted by molar-refractivity contribution is -0.121. The van der Waals surface area contributed by atoms with Gasteiger partial charge in [-0.05, 0) is 100.0 Å². The van der Waals surface area contributed by atoms with Crippen molar-refractivity contribution in [3.63, 3.8) is 0 Å². The van der Waals surface area contributed by atoms with Gasteiger partial charge in [-0.2, -0.15) is 0 Å². The Hall–Kier alpha value is -0.120. The van der Waals surface area contributed by atoms with Crippen molar-refractivity contribution in [1.29, 1.82) is 0 Å². The third-order valence-electron chi connectivity index (χ3n) is 8.78. The van der Waals surface area contributed by atoms with Gasteiger partial charge in [0.15, 0.2) is 0 Å². The molecule has 0 bridgehead atoms. The molecule has 0 amide bonds. The number of carbonyl (C=O) groups excluding carboxylic acids is 1. The zero-order valence-corrected chi connectivity index (χ0v) is 21.6. The van der Waals surface area contributed by atoms with Gasteiger partial charge in [0.1, 0.15) is 5.78 Å². The minimum Gasteiger partial charge on any atom is -0.312 e. The van der Waals surface area contributed by atoms with Crippen molar-refractivity contribution in [3.8, 4) is 0 Å². The van der Waals surface area contributed by atoms with Crippen molar-refractivity contribution in [2.24, 2.45) is 29.1 Å². The quantitative estimate of drug-likeness (QED) is 0.329. The van der Waals surface area contributed by atoms with Crippen LogP contribution in [0, 0.1) is 29.1 Å². The normalized spacial score (nSPS) is 31.8. The number of likely N-dealkylation sites (tertiary alicyclic amines) is 1. The van der Waals surface area contributed by atoms with E-state index < -0.39 is 0 Å². The van der Waals surface area contributed by atoms with Crippen molar-refractivity contribution in [3.05, 3.63) is 0 Å². The number of nitrogens with zero attached hydrogens (tertiary/aromatic N) is 1. The van der Waals surface area contributed by atoms with E-state index in [1.54, 1.807) is 0 Å². The molecule has 2 aliphatic carbocycles. The number of hydrogen-bond donors (Lipinski definition) is 1. The molecule has 180 valence electrons. The number of piperidine rings is 1. The molecule has 0 aromatic carbocycles. The summed E-state index contributed by atoms with van der Waals surface area (Å²) in [5, 5.41) is 4.33. The van der Waals surface area contributed by atoms with Crippen LogP contribution in [0.3, 0.4) is 0 Å². The Bertz CT molecular complexity index is 545. The predicted molar refractivity (Wildman–Crippen MR) is 133 cm³/mol. The molecule has 2 saturated carbocycles. The topological polar surface area (TPSA) is 32.3 Å². The second-order valence-electron chi connectivity index (χ2n) is 12.1. The van der Waals surface area contributed by atoms with Crippen LogP contribution in [0.15, 0.2) is 0 Å². The molecule has 1 heterocycles. The van der Waals surface area contributed by atoms with E-state index in [4.69, 9.17) is 11.6 Å². The van der Waals surface area contributed by atoms with E-state index in [1.807, 2.05) is 0 Å². The van der Waals surface area contributed by atoms with E-state index in [0.29, 0.717) is 28.5 Å². The van der Waals surface area contributed by atoms with E-state index in [1.165, 1.54) is 64.6 Å². The summed E-state index contributed by atoms with van der Waals surface area (Å²) in [5.41, 5.74) is 0.405. The Morgan fingerprint density at radius 1 is 1.06 bits per heavy atom. The highest BCUT2D eigenvalue weighted by molar-refractivity contribution is 6.20. The molecule has 3 rings (SSSR count). The summed E-state index contributed by atoms with van der Waals surface area (Å²) < 4.78 is 0. The first-order chi connectivity index (χ1) is 14.7. The van der Waals surface area contributed by atoms with Gasteiger partial charge in [0, 0.05) is 37.4 Å². The Balaban J connectivity index is 1.41. The molecule has 0 unspecified atom stereocenters. The van der Waals surface area contributed by atoms with E-state index in [0.717, 1.165) is 50.0 Å². The van der Waals surface area contributed by atoms with Crippen LogP contribution in [0.4, 0.5) is 0 Å². The second-order valence-corrected chi connectivity index (χ2v) is 12.7. The molecule has 1 N–H and O–H groups in total. The van der Waals surface area contributed by atoms with Crippen LogP contribution in [0.1, 0.15) is 98.3 Å². The molecular formula is C27H49ClN2O. The first kappa shape index (κ1) is 25.5. The number of nitrogens with one attached hydrogen (secondary N) is 1. The Morgan fingerprint density at radius 3 is 2.35 bits per heavy atom. The standard InChI is InChI=1S/C27H49ClN2O/c1-20(2)26(29-16-5-6-21-7-13-24(31)14-8-21)18-30-17-15-25(27(3,4)19-30)22-9-11-23(28)12-10-22/h20-23,25-26,29H,5-19H2,1-4H3/t22?,23?,25-,26+/m1/s1. The molecule has 0 radical (unpaired) electrons. The largest absolute Gasteiger partial charge is 0.312 e. The van der Waals surface area contributed by atoms with E-state index in [-0.39, 0.29) is 0 Å². The van der Waals surface area contributed by atoms with Gasteiger partial charge in [0.2, 0.25) is 0 Å². The minimum absolute atomic E-state index is 0.405. The van der Waals surface area contributed by atoms with Gasteiger partial charge in [-0.1, -0.05) is 27.7 Å². The van der Waals surface area contributed by atoms with E-state index in [9.17, 15) is 4.79 Å². The van der Waals surface area contributed by atoms with Crippen molar-refractivity contribution >= 4 is 17.4 Å². The lowest BCUT2D eigenvalue weighted by Gasteiger charge is -2.49. The Kier molecular flexibility index (Phi) is 9.74. The summed E-state index contributed by atoms with van der Waals surface area (Å²) in [6, 6.07) is 0.576. The number of hydrogen-bond acceptors (Lipinski definition) is 3. The van der Waals surface area contributed by atoms with Crippen LogP contribution < -0.4 is 5.32 Å². The molecule has 2 atom stereocenters. The summed E-state index contributed by atoms with van der Waals surface area (Å²) >= 11 is 6.38. The summed E-state index contributed by atoms with van der Waals surface area (Å²) in [4.78, 5) is 14.2. The van der Waals surface area contributed by atoms with Crippen LogP contribution in [0.25, 0.3) is 0 Å². The third kappa shape index (κ3) is 7.71. The molecule has 0 spiro atoms. The van der Waals surface area contributed by atoms with Crippen LogP contribution in [-0.2, 0) is 4.79 Å². The number of ketones is 1. The maximum Gasteiger partial charge on any atom is 0.132 e. The second kappa shape index (κ2) is 11.8. The molecule has 1 saturated heterocycles. The zero-order valence-electron chi connectivity index (χ0n) is 20.8. The van der Waals surface area contributed by atoms with Crippen LogP contribution in [-0.4, -0.2) is 48.3 Å². The van der Waals surface area contributed by atoms with Crippen molar-refractivity contribution in [2.45, 2.75) is 110 Å². The maximum absolute atomic E-state index is 11.4. The van der Waals surface area contributed by atoms with Gasteiger partial charge in [0.25, 0.3) is 0 Å². The monoisotopic (exact) mass is 452 g/mol. The molecule has 0 aromatic rings. The highest BCUT2D eigenvalue weighted by Gasteiger charge is 2.41. The molecular weight excluding hydrogens is 404 g/mol. The summed E-state index contributed by atoms with van der Waals surface area (Å²) in [6.45, 7) is 14.6. The third-order valence-corrected chi connectivity index (χ3v) is 9.22. The maximum atomic E-state index is 11.4. The number of rotatable bonds is 9. The fraction of sp³-hybridized carbons (Fsp3) is 0.963. The van der Waals surface area contributed by atoms with Gasteiger partial charge < -0.3 is 10.2 Å². The van der Waals surface area contributed by atoms with Gasteiger partial charge in [0.05, 0.1) is 0 Å². The average molecular weight is 453 g/mol. The summed E-state index contributed by atoms with van der Waals surface area (Å²) in [5.74, 6) is 3.67. The molecule has 31 heavy (non-hydrogen) atoms. The minimum atomic E-state index is 0.405. The molecule has 1 aliphatic heterocycles. The van der Waals surface area contributed by atoms with Gasteiger partial charge in [-0.3, -0.25) is 4.79 Å². The molecule has 3 aliphatic rings. The zero-order chi connectivity index (χ0) is 22.4. The fourth-order valence-corrected chi connectivity index (χ4v) is 7.00. The lowest BCUT2D eigenvalue weighted by Crippen LogP contribution is -2.53. The summed E-state index contributed by atoms with van der Waals surface area (Å²) in [7, 11) is 0. The smallest absolute Gasteiger partial charge is 0.132 e. The van der Waals surface area contributed by atoms with Gasteiger partial charge >= 0.3 is 0 Å². The average Bonchev–Trinajstić information content (AvgIpc) is 2.72. The lowest BCUT2D eigenvalue weighted by atomic mass is 9.64. The Morgan fingerprint density at radius 2 is 1.74 bits per heavy atom. The molecule has 3 nitrogen and oxygen atoms in total. The van der Waals surface area contributed by atoms with Gasteiger partial charge in [-0.15, -0.1) is 11.6 Å². The molecule has 4 heteroatoms. The highest BCUT2D eigenvalue weighted by atomic mass is 35.5. The van der Waals surface area contributed by atoms with Crippen LogP contribution in [0.5, 0.6) is 0 Å².